The minimum atomic E-state index is 0.0104. The van der Waals surface area contributed by atoms with Crippen LogP contribution in [-0.4, -0.2) is 7.11 Å². The molecular weight excluding hydrogens is 246 g/mol. The zero-order chi connectivity index (χ0) is 13.2. The summed E-state index contributed by atoms with van der Waals surface area (Å²) < 4.78 is 5.18. The van der Waals surface area contributed by atoms with Crippen molar-refractivity contribution >= 4 is 11.6 Å². The summed E-state index contributed by atoms with van der Waals surface area (Å²) in [6.45, 7) is 2.29. The highest BCUT2D eigenvalue weighted by molar-refractivity contribution is 6.31. The van der Waals surface area contributed by atoms with Gasteiger partial charge in [-0.1, -0.05) is 43.9 Å². The molecular formula is C15H22ClNO. The maximum absolute atomic E-state index is 6.47. The zero-order valence-corrected chi connectivity index (χ0v) is 12.0. The van der Waals surface area contributed by atoms with E-state index in [9.17, 15) is 0 Å². The van der Waals surface area contributed by atoms with Crippen LogP contribution in [0.2, 0.25) is 5.02 Å². The van der Waals surface area contributed by atoms with Crippen LogP contribution in [0.4, 0.5) is 0 Å². The van der Waals surface area contributed by atoms with E-state index < -0.39 is 0 Å². The lowest BCUT2D eigenvalue weighted by Gasteiger charge is -2.39. The van der Waals surface area contributed by atoms with Gasteiger partial charge in [0.15, 0.2) is 0 Å². The fraction of sp³-hybridized carbons (Fsp3) is 0.600. The van der Waals surface area contributed by atoms with E-state index in [1.165, 1.54) is 32.1 Å². The van der Waals surface area contributed by atoms with Crippen LogP contribution in [0.3, 0.4) is 0 Å². The summed E-state index contributed by atoms with van der Waals surface area (Å²) >= 11 is 6.32. The van der Waals surface area contributed by atoms with Crippen molar-refractivity contribution in [2.75, 3.05) is 7.11 Å². The number of hydrogen-bond donors (Lipinski definition) is 1. The van der Waals surface area contributed by atoms with Gasteiger partial charge >= 0.3 is 0 Å². The van der Waals surface area contributed by atoms with Crippen molar-refractivity contribution < 1.29 is 4.74 Å². The summed E-state index contributed by atoms with van der Waals surface area (Å²) in [4.78, 5) is 0. The smallest absolute Gasteiger partial charge is 0.120 e. The first-order chi connectivity index (χ1) is 8.57. The SMILES string of the molecule is COc1ccc(C(N)C2(C)CCCCC2)c(Cl)c1. The monoisotopic (exact) mass is 267 g/mol. The molecule has 0 heterocycles. The van der Waals surface area contributed by atoms with Crippen molar-refractivity contribution in [2.45, 2.75) is 45.1 Å². The first-order valence-corrected chi connectivity index (χ1v) is 7.04. The fourth-order valence-corrected chi connectivity index (χ4v) is 3.22. The summed E-state index contributed by atoms with van der Waals surface area (Å²) in [7, 11) is 1.65. The molecule has 1 aliphatic rings. The molecule has 0 bridgehead atoms. The van der Waals surface area contributed by atoms with E-state index in [-0.39, 0.29) is 11.5 Å². The Labute approximate surface area is 114 Å². The van der Waals surface area contributed by atoms with Gasteiger partial charge in [-0.3, -0.25) is 0 Å². The van der Waals surface area contributed by atoms with Gasteiger partial charge < -0.3 is 10.5 Å². The zero-order valence-electron chi connectivity index (χ0n) is 11.2. The highest BCUT2D eigenvalue weighted by Crippen LogP contribution is 2.46. The number of ether oxygens (including phenoxy) is 1. The van der Waals surface area contributed by atoms with E-state index >= 15 is 0 Å². The number of halogens is 1. The largest absolute Gasteiger partial charge is 0.497 e. The third kappa shape index (κ3) is 2.65. The van der Waals surface area contributed by atoms with E-state index in [2.05, 4.69) is 6.92 Å². The number of benzene rings is 1. The molecule has 0 aromatic heterocycles. The molecule has 1 atom stereocenters. The molecule has 0 saturated heterocycles. The standard InChI is InChI=1S/C15H22ClNO/c1-15(8-4-3-5-9-15)14(17)12-7-6-11(18-2)10-13(12)16/h6-7,10,14H,3-5,8-9,17H2,1-2H3. The second-order valence-corrected chi connectivity index (χ2v) is 5.99. The molecule has 2 nitrogen and oxygen atoms in total. The summed E-state index contributed by atoms with van der Waals surface area (Å²) in [6.07, 6.45) is 6.27. The Morgan fingerprint density at radius 2 is 1.94 bits per heavy atom. The van der Waals surface area contributed by atoms with Crippen LogP contribution in [0.15, 0.2) is 18.2 Å². The van der Waals surface area contributed by atoms with Crippen LogP contribution in [0, 0.1) is 5.41 Å². The maximum atomic E-state index is 6.47. The van der Waals surface area contributed by atoms with E-state index in [1.54, 1.807) is 7.11 Å². The second kappa shape index (κ2) is 5.50. The minimum Gasteiger partial charge on any atom is -0.497 e. The molecule has 0 amide bonds. The van der Waals surface area contributed by atoms with Crippen molar-refractivity contribution in [2.24, 2.45) is 11.1 Å². The summed E-state index contributed by atoms with van der Waals surface area (Å²) in [5, 5.41) is 0.716. The number of nitrogens with two attached hydrogens (primary N) is 1. The highest BCUT2D eigenvalue weighted by atomic mass is 35.5. The number of hydrogen-bond acceptors (Lipinski definition) is 2. The molecule has 1 aliphatic carbocycles. The van der Waals surface area contributed by atoms with Crippen molar-refractivity contribution in [1.82, 2.24) is 0 Å². The molecule has 0 spiro atoms. The van der Waals surface area contributed by atoms with E-state index in [1.807, 2.05) is 18.2 Å². The first kappa shape index (κ1) is 13.7. The lowest BCUT2D eigenvalue weighted by atomic mass is 9.69. The highest BCUT2D eigenvalue weighted by Gasteiger charge is 2.34. The number of rotatable bonds is 3. The van der Waals surface area contributed by atoms with Crippen LogP contribution >= 0.6 is 11.6 Å². The molecule has 2 rings (SSSR count). The van der Waals surface area contributed by atoms with Gasteiger partial charge in [-0.25, -0.2) is 0 Å². The Morgan fingerprint density at radius 1 is 1.28 bits per heavy atom. The topological polar surface area (TPSA) is 35.2 Å². The van der Waals surface area contributed by atoms with Gasteiger partial charge in [-0.05, 0) is 36.0 Å². The second-order valence-electron chi connectivity index (χ2n) is 5.58. The molecule has 100 valence electrons. The summed E-state index contributed by atoms with van der Waals surface area (Å²) in [5.74, 6) is 0.782. The maximum Gasteiger partial charge on any atom is 0.120 e. The molecule has 18 heavy (non-hydrogen) atoms. The van der Waals surface area contributed by atoms with E-state index in [4.69, 9.17) is 22.1 Å². The fourth-order valence-electron chi connectivity index (χ4n) is 2.93. The van der Waals surface area contributed by atoms with Crippen molar-refractivity contribution in [3.8, 4) is 5.75 Å². The van der Waals surface area contributed by atoms with Gasteiger partial charge in [0.25, 0.3) is 0 Å². The summed E-state index contributed by atoms with van der Waals surface area (Å²) in [5.41, 5.74) is 7.69. The third-order valence-corrected chi connectivity index (χ3v) is 4.62. The molecule has 0 aliphatic heterocycles. The van der Waals surface area contributed by atoms with Crippen LogP contribution < -0.4 is 10.5 Å². The average molecular weight is 268 g/mol. The molecule has 0 radical (unpaired) electrons. The Morgan fingerprint density at radius 3 is 2.50 bits per heavy atom. The van der Waals surface area contributed by atoms with Crippen LogP contribution in [0.25, 0.3) is 0 Å². The third-order valence-electron chi connectivity index (χ3n) is 4.29. The Bertz CT molecular complexity index is 413. The molecule has 1 aromatic rings. The van der Waals surface area contributed by atoms with Crippen molar-refractivity contribution in [1.29, 1.82) is 0 Å². The van der Waals surface area contributed by atoms with Gasteiger partial charge in [-0.2, -0.15) is 0 Å². The molecule has 1 unspecified atom stereocenters. The molecule has 1 fully saturated rings. The Kier molecular flexibility index (Phi) is 4.18. The Balaban J connectivity index is 2.24. The van der Waals surface area contributed by atoms with E-state index in [0.29, 0.717) is 5.02 Å². The van der Waals surface area contributed by atoms with Gasteiger partial charge in [-0.15, -0.1) is 0 Å². The van der Waals surface area contributed by atoms with Gasteiger partial charge in [0.2, 0.25) is 0 Å². The van der Waals surface area contributed by atoms with Crippen LogP contribution in [0.1, 0.15) is 50.6 Å². The van der Waals surface area contributed by atoms with Crippen LogP contribution in [-0.2, 0) is 0 Å². The molecule has 3 heteroatoms. The average Bonchev–Trinajstić information content (AvgIpc) is 2.38. The molecule has 1 saturated carbocycles. The summed E-state index contributed by atoms with van der Waals surface area (Å²) in [6, 6.07) is 5.80. The first-order valence-electron chi connectivity index (χ1n) is 6.66. The van der Waals surface area contributed by atoms with E-state index in [0.717, 1.165) is 11.3 Å². The molecule has 2 N–H and O–H groups in total. The Hall–Kier alpha value is -0.730. The minimum absolute atomic E-state index is 0.0104. The van der Waals surface area contributed by atoms with Crippen molar-refractivity contribution in [3.63, 3.8) is 0 Å². The normalized spacial score (nSPS) is 20.4. The van der Waals surface area contributed by atoms with Gasteiger partial charge in [0.1, 0.15) is 5.75 Å². The van der Waals surface area contributed by atoms with Crippen molar-refractivity contribution in [3.05, 3.63) is 28.8 Å². The van der Waals surface area contributed by atoms with Gasteiger partial charge in [0.05, 0.1) is 7.11 Å². The number of methoxy groups -OCH3 is 1. The predicted molar refractivity (Wildman–Crippen MR) is 76.1 cm³/mol. The lowest BCUT2D eigenvalue weighted by molar-refractivity contribution is 0.170. The molecule has 1 aromatic carbocycles. The van der Waals surface area contributed by atoms with Crippen LogP contribution in [0.5, 0.6) is 5.75 Å². The van der Waals surface area contributed by atoms with Gasteiger partial charge in [0, 0.05) is 11.1 Å². The predicted octanol–water partition coefficient (Wildman–Crippen LogP) is 4.32. The lowest BCUT2D eigenvalue weighted by Crippen LogP contribution is -2.34. The quantitative estimate of drug-likeness (QED) is 0.885.